The number of nitrogens with one attached hydrogen (secondary N) is 2. The molecule has 0 fully saturated rings. The molecule has 3 aromatic carbocycles. The van der Waals surface area contributed by atoms with Crippen molar-refractivity contribution in [3.63, 3.8) is 0 Å². The number of carbonyl (C=O) groups excluding carboxylic acids is 1. The van der Waals surface area contributed by atoms with Gasteiger partial charge in [0.1, 0.15) is 0 Å². The smallest absolute Gasteiger partial charge is 0.263 e. The summed E-state index contributed by atoms with van der Waals surface area (Å²) in [7, 11) is -3.73. The number of hydrogen-bond acceptors (Lipinski definition) is 5. The van der Waals surface area contributed by atoms with Crippen LogP contribution >= 0.6 is 22.9 Å². The third kappa shape index (κ3) is 4.46. The fourth-order valence-electron chi connectivity index (χ4n) is 2.74. The number of benzene rings is 3. The molecule has 4 rings (SSSR count). The molecule has 2 N–H and O–H groups in total. The zero-order valence-corrected chi connectivity index (χ0v) is 18.1. The number of fused-ring (bicyclic) bond motifs is 1. The zero-order chi connectivity index (χ0) is 21.3. The van der Waals surface area contributed by atoms with Crippen LogP contribution in [-0.2, 0) is 10.0 Å². The topological polar surface area (TPSA) is 88.2 Å². The summed E-state index contributed by atoms with van der Waals surface area (Å²) in [5.41, 5.74) is 2.67. The normalized spacial score (nSPS) is 11.4. The van der Waals surface area contributed by atoms with Crippen LogP contribution in [0.25, 0.3) is 10.2 Å². The minimum Gasteiger partial charge on any atom is -0.322 e. The lowest BCUT2D eigenvalue weighted by Gasteiger charge is -2.05. The van der Waals surface area contributed by atoms with E-state index >= 15 is 0 Å². The minimum atomic E-state index is -3.73. The number of amides is 1. The number of anilines is 2. The second-order valence-corrected chi connectivity index (χ2v) is 9.73. The molecule has 0 bridgehead atoms. The number of aromatic nitrogens is 1. The highest BCUT2D eigenvalue weighted by Gasteiger charge is 2.17. The highest BCUT2D eigenvalue weighted by atomic mass is 35.5. The third-order valence-corrected chi connectivity index (χ3v) is 6.98. The van der Waals surface area contributed by atoms with E-state index in [1.165, 1.54) is 11.3 Å². The van der Waals surface area contributed by atoms with Crippen molar-refractivity contribution >= 4 is 59.9 Å². The molecule has 6 nitrogen and oxygen atoms in total. The van der Waals surface area contributed by atoms with Crippen molar-refractivity contribution in [3.05, 3.63) is 82.9 Å². The number of rotatable bonds is 5. The molecule has 0 aliphatic heterocycles. The molecule has 152 valence electrons. The van der Waals surface area contributed by atoms with Crippen molar-refractivity contribution in [3.8, 4) is 0 Å². The van der Waals surface area contributed by atoms with Gasteiger partial charge in [-0.25, -0.2) is 13.4 Å². The molecule has 0 aliphatic carbocycles. The highest BCUT2D eigenvalue weighted by Crippen LogP contribution is 2.30. The van der Waals surface area contributed by atoms with Crippen LogP contribution in [0.3, 0.4) is 0 Å². The van der Waals surface area contributed by atoms with E-state index in [0.717, 1.165) is 10.3 Å². The van der Waals surface area contributed by atoms with Gasteiger partial charge in [0.2, 0.25) is 0 Å². The summed E-state index contributed by atoms with van der Waals surface area (Å²) >= 11 is 7.04. The molecule has 30 heavy (non-hydrogen) atoms. The Kier molecular flexibility index (Phi) is 5.46. The molecule has 4 aromatic rings. The van der Waals surface area contributed by atoms with Gasteiger partial charge in [-0.1, -0.05) is 40.6 Å². The molecule has 0 spiro atoms. The van der Waals surface area contributed by atoms with Crippen LogP contribution in [0.4, 0.5) is 10.8 Å². The fraction of sp³-hybridized carbons (Fsp3) is 0.0476. The number of hydrogen-bond donors (Lipinski definition) is 2. The lowest BCUT2D eigenvalue weighted by atomic mass is 10.2. The van der Waals surface area contributed by atoms with Gasteiger partial charge < -0.3 is 5.32 Å². The van der Waals surface area contributed by atoms with Gasteiger partial charge in [-0.2, -0.15) is 0 Å². The van der Waals surface area contributed by atoms with E-state index in [1.807, 2.05) is 6.92 Å². The highest BCUT2D eigenvalue weighted by molar-refractivity contribution is 7.93. The molecular weight excluding hydrogens is 442 g/mol. The maximum Gasteiger partial charge on any atom is 0.263 e. The average molecular weight is 458 g/mol. The summed E-state index contributed by atoms with van der Waals surface area (Å²) in [5, 5.41) is 3.63. The number of aryl methyl sites for hydroxylation is 1. The van der Waals surface area contributed by atoms with Gasteiger partial charge in [0, 0.05) is 16.3 Å². The summed E-state index contributed by atoms with van der Waals surface area (Å²) in [5.74, 6) is -0.268. The lowest BCUT2D eigenvalue weighted by Crippen LogP contribution is -2.12. The second kappa shape index (κ2) is 8.06. The van der Waals surface area contributed by atoms with Crippen molar-refractivity contribution in [2.24, 2.45) is 0 Å². The largest absolute Gasteiger partial charge is 0.322 e. The number of thiazole rings is 1. The van der Waals surface area contributed by atoms with Crippen LogP contribution in [-0.4, -0.2) is 19.3 Å². The van der Waals surface area contributed by atoms with Gasteiger partial charge in [-0.3, -0.25) is 9.52 Å². The van der Waals surface area contributed by atoms with Gasteiger partial charge in [-0.15, -0.1) is 0 Å². The number of nitrogens with zero attached hydrogens (tertiary/aromatic N) is 1. The minimum absolute atomic E-state index is 0.170. The second-order valence-electron chi connectivity index (χ2n) is 6.58. The van der Waals surface area contributed by atoms with Crippen molar-refractivity contribution in [1.82, 2.24) is 4.98 Å². The van der Waals surface area contributed by atoms with Gasteiger partial charge in [0.15, 0.2) is 5.13 Å². The lowest BCUT2D eigenvalue weighted by molar-refractivity contribution is 0.102. The Labute approximate surface area is 182 Å². The van der Waals surface area contributed by atoms with Crippen molar-refractivity contribution in [1.29, 1.82) is 0 Å². The molecule has 1 heterocycles. The van der Waals surface area contributed by atoms with Crippen LogP contribution in [0.2, 0.25) is 5.02 Å². The molecule has 0 saturated carbocycles. The van der Waals surface area contributed by atoms with Gasteiger partial charge in [0.25, 0.3) is 15.9 Å². The first-order valence-corrected chi connectivity index (χ1v) is 11.5. The molecule has 0 saturated heterocycles. The Morgan fingerprint density at radius 1 is 1.00 bits per heavy atom. The maximum atomic E-state index is 12.6. The molecule has 0 atom stereocenters. The van der Waals surface area contributed by atoms with Crippen LogP contribution < -0.4 is 10.0 Å². The van der Waals surface area contributed by atoms with Crippen LogP contribution in [0, 0.1) is 6.92 Å². The summed E-state index contributed by atoms with van der Waals surface area (Å²) < 4.78 is 28.4. The number of carbonyl (C=O) groups is 1. The molecular formula is C21H16ClN3O3S2. The van der Waals surface area contributed by atoms with E-state index in [-0.39, 0.29) is 15.9 Å². The summed E-state index contributed by atoms with van der Waals surface area (Å²) in [6.07, 6.45) is 0. The first-order chi connectivity index (χ1) is 14.3. The van der Waals surface area contributed by atoms with Gasteiger partial charge in [-0.05, 0) is 61.5 Å². The van der Waals surface area contributed by atoms with Crippen molar-refractivity contribution in [2.75, 3.05) is 10.0 Å². The molecule has 0 unspecified atom stereocenters. The third-order valence-electron chi connectivity index (χ3n) is 4.31. The van der Waals surface area contributed by atoms with Crippen LogP contribution in [0.15, 0.2) is 71.6 Å². The van der Waals surface area contributed by atoms with E-state index in [1.54, 1.807) is 66.7 Å². The Morgan fingerprint density at radius 2 is 1.70 bits per heavy atom. The quantitative estimate of drug-likeness (QED) is 0.425. The Hall–Kier alpha value is -2.94. The standard InChI is InChI=1S/C21H16ClN3O3S2/c1-13-2-9-17(10-3-13)30(27,28)25-21-24-18-11-8-16(12-19(18)29-21)23-20(26)14-4-6-15(22)7-5-14/h2-12H,1H3,(H,23,26)(H,24,25). The predicted octanol–water partition coefficient (Wildman–Crippen LogP) is 5.31. The monoisotopic (exact) mass is 457 g/mol. The van der Waals surface area contributed by atoms with Crippen LogP contribution in [0.5, 0.6) is 0 Å². The van der Waals surface area contributed by atoms with Gasteiger partial charge in [0.05, 0.1) is 15.1 Å². The number of sulfonamides is 1. The predicted molar refractivity (Wildman–Crippen MR) is 121 cm³/mol. The van der Waals surface area contributed by atoms with Gasteiger partial charge >= 0.3 is 0 Å². The van der Waals surface area contributed by atoms with E-state index in [2.05, 4.69) is 15.0 Å². The molecule has 9 heteroatoms. The Morgan fingerprint density at radius 3 is 2.40 bits per heavy atom. The van der Waals surface area contributed by atoms with E-state index in [9.17, 15) is 13.2 Å². The first-order valence-electron chi connectivity index (χ1n) is 8.87. The van der Waals surface area contributed by atoms with E-state index in [0.29, 0.717) is 21.8 Å². The Bertz CT molecular complexity index is 1330. The van der Waals surface area contributed by atoms with E-state index < -0.39 is 10.0 Å². The van der Waals surface area contributed by atoms with Crippen LogP contribution in [0.1, 0.15) is 15.9 Å². The Balaban J connectivity index is 1.54. The molecule has 1 aromatic heterocycles. The first kappa shape index (κ1) is 20.3. The van der Waals surface area contributed by atoms with Crippen molar-refractivity contribution in [2.45, 2.75) is 11.8 Å². The molecule has 0 aliphatic rings. The molecule has 0 radical (unpaired) electrons. The zero-order valence-electron chi connectivity index (χ0n) is 15.7. The fourth-order valence-corrected chi connectivity index (χ4v) is 5.01. The number of halogens is 1. The summed E-state index contributed by atoms with van der Waals surface area (Å²) in [4.78, 5) is 16.9. The average Bonchev–Trinajstić information content (AvgIpc) is 3.09. The van der Waals surface area contributed by atoms with E-state index in [4.69, 9.17) is 11.6 Å². The maximum absolute atomic E-state index is 12.6. The van der Waals surface area contributed by atoms with Crippen molar-refractivity contribution < 1.29 is 13.2 Å². The summed E-state index contributed by atoms with van der Waals surface area (Å²) in [6, 6.07) is 18.4. The summed E-state index contributed by atoms with van der Waals surface area (Å²) in [6.45, 7) is 1.89. The SMILES string of the molecule is Cc1ccc(S(=O)(=O)Nc2nc3ccc(NC(=O)c4ccc(Cl)cc4)cc3s2)cc1. The molecule has 1 amide bonds.